The number of thiophene rings is 1. The van der Waals surface area contributed by atoms with Gasteiger partial charge in [0.25, 0.3) is 0 Å². The highest BCUT2D eigenvalue weighted by atomic mass is 35.5. The molecule has 3 nitrogen and oxygen atoms in total. The lowest BCUT2D eigenvalue weighted by atomic mass is 9.82. The maximum absolute atomic E-state index is 12.9. The van der Waals surface area contributed by atoms with Crippen LogP contribution >= 0.6 is 22.9 Å². The molecule has 2 rings (SSSR count). The molecule has 0 N–H and O–H groups in total. The Morgan fingerprint density at radius 3 is 2.55 bits per heavy atom. The number of alkyl halides is 1. The molecule has 0 aromatic carbocycles. The van der Waals surface area contributed by atoms with E-state index < -0.39 is 10.0 Å². The number of hydrogen-bond acceptors (Lipinski definition) is 3. The van der Waals surface area contributed by atoms with Crippen molar-refractivity contribution in [1.82, 2.24) is 4.31 Å². The van der Waals surface area contributed by atoms with Crippen LogP contribution < -0.4 is 0 Å². The molecule has 0 atom stereocenters. The van der Waals surface area contributed by atoms with Gasteiger partial charge >= 0.3 is 0 Å². The summed E-state index contributed by atoms with van der Waals surface area (Å²) in [6.45, 7) is 7.42. The van der Waals surface area contributed by atoms with Gasteiger partial charge in [0.15, 0.2) is 0 Å². The predicted octanol–water partition coefficient (Wildman–Crippen LogP) is 4.00. The Hall–Kier alpha value is -0.100. The highest BCUT2D eigenvalue weighted by Gasteiger charge is 2.41. The Kier molecular flexibility index (Phi) is 4.84. The summed E-state index contributed by atoms with van der Waals surface area (Å²) in [6.07, 6.45) is 3.01. The SMILES string of the molecule is CCC1(CC)CCN(S(=O)(=O)c2c(C)csc2CCl)C1. The average molecular weight is 336 g/mol. The monoisotopic (exact) mass is 335 g/mol. The van der Waals surface area contributed by atoms with Gasteiger partial charge in [-0.3, -0.25) is 0 Å². The second-order valence-electron chi connectivity index (χ2n) is 5.60. The maximum atomic E-state index is 12.9. The van der Waals surface area contributed by atoms with Crippen LogP contribution in [0.4, 0.5) is 0 Å². The van der Waals surface area contributed by atoms with Gasteiger partial charge in [-0.1, -0.05) is 13.8 Å². The Morgan fingerprint density at radius 2 is 2.05 bits per heavy atom. The van der Waals surface area contributed by atoms with Crippen LogP contribution in [0, 0.1) is 12.3 Å². The first-order valence-electron chi connectivity index (χ1n) is 7.03. The Labute approximate surface area is 131 Å². The molecule has 6 heteroatoms. The van der Waals surface area contributed by atoms with Gasteiger partial charge in [0.1, 0.15) is 4.90 Å². The molecular formula is C14H22ClNO2S2. The van der Waals surface area contributed by atoms with Crippen molar-refractivity contribution in [3.05, 3.63) is 15.8 Å². The van der Waals surface area contributed by atoms with E-state index in [4.69, 9.17) is 11.6 Å². The fourth-order valence-corrected chi connectivity index (χ4v) is 6.55. The van der Waals surface area contributed by atoms with Crippen LogP contribution in [0.2, 0.25) is 0 Å². The van der Waals surface area contributed by atoms with Gasteiger partial charge in [-0.2, -0.15) is 4.31 Å². The van der Waals surface area contributed by atoms with Crippen molar-refractivity contribution in [3.63, 3.8) is 0 Å². The van der Waals surface area contributed by atoms with Crippen LogP contribution in [0.5, 0.6) is 0 Å². The van der Waals surface area contributed by atoms with E-state index >= 15 is 0 Å². The molecule has 0 unspecified atom stereocenters. The number of halogens is 1. The van der Waals surface area contributed by atoms with Crippen molar-refractivity contribution < 1.29 is 8.42 Å². The molecule has 0 radical (unpaired) electrons. The second kappa shape index (κ2) is 5.95. The number of hydrogen-bond donors (Lipinski definition) is 0. The normalized spacial score (nSPS) is 19.6. The minimum Gasteiger partial charge on any atom is -0.207 e. The van der Waals surface area contributed by atoms with Crippen molar-refractivity contribution in [2.75, 3.05) is 13.1 Å². The first-order valence-corrected chi connectivity index (χ1v) is 9.88. The van der Waals surface area contributed by atoms with Crippen molar-refractivity contribution in [2.24, 2.45) is 5.41 Å². The van der Waals surface area contributed by atoms with Crippen molar-refractivity contribution in [3.8, 4) is 0 Å². The summed E-state index contributed by atoms with van der Waals surface area (Å²) in [7, 11) is -3.40. The van der Waals surface area contributed by atoms with Gasteiger partial charge in [-0.15, -0.1) is 22.9 Å². The average Bonchev–Trinajstić information content (AvgIpc) is 3.03. The van der Waals surface area contributed by atoms with Gasteiger partial charge in [0, 0.05) is 18.0 Å². The van der Waals surface area contributed by atoms with E-state index in [-0.39, 0.29) is 11.3 Å². The fourth-order valence-electron chi connectivity index (χ4n) is 2.98. The number of rotatable bonds is 5. The van der Waals surface area contributed by atoms with Gasteiger partial charge in [0.05, 0.1) is 5.88 Å². The molecule has 114 valence electrons. The van der Waals surface area contributed by atoms with Crippen LogP contribution in [0.25, 0.3) is 0 Å². The van der Waals surface area contributed by atoms with E-state index in [1.807, 2.05) is 12.3 Å². The lowest BCUT2D eigenvalue weighted by molar-refractivity contribution is 0.279. The molecule has 0 spiro atoms. The molecule has 1 aromatic rings. The zero-order valence-corrected chi connectivity index (χ0v) is 14.7. The molecule has 1 aliphatic rings. The molecule has 0 saturated carbocycles. The van der Waals surface area contributed by atoms with Gasteiger partial charge in [0.2, 0.25) is 10.0 Å². The van der Waals surface area contributed by atoms with E-state index in [0.29, 0.717) is 18.0 Å². The predicted molar refractivity (Wildman–Crippen MR) is 85.0 cm³/mol. The third-order valence-electron chi connectivity index (χ3n) is 4.61. The molecule has 0 bridgehead atoms. The minimum atomic E-state index is -3.40. The summed E-state index contributed by atoms with van der Waals surface area (Å²) < 4.78 is 27.4. The Bertz CT molecular complexity index is 576. The molecule has 1 aliphatic heterocycles. The number of sulfonamides is 1. The summed E-state index contributed by atoms with van der Waals surface area (Å²) in [4.78, 5) is 1.20. The van der Waals surface area contributed by atoms with Crippen LogP contribution in [0.3, 0.4) is 0 Å². The minimum absolute atomic E-state index is 0.151. The standard InChI is InChI=1S/C14H22ClNO2S2/c1-4-14(5-2)6-7-16(10-14)20(17,18)13-11(3)9-19-12(13)8-15/h9H,4-8,10H2,1-3H3. The first-order chi connectivity index (χ1) is 9.40. The third-order valence-corrected chi connectivity index (χ3v) is 8.35. The summed E-state index contributed by atoms with van der Waals surface area (Å²) in [5, 5.41) is 1.88. The molecular weight excluding hydrogens is 314 g/mol. The molecule has 0 amide bonds. The third kappa shape index (κ3) is 2.65. The maximum Gasteiger partial charge on any atom is 0.244 e. The highest BCUT2D eigenvalue weighted by molar-refractivity contribution is 7.89. The summed E-state index contributed by atoms with van der Waals surface area (Å²) in [5.41, 5.74) is 0.967. The highest BCUT2D eigenvalue weighted by Crippen LogP contribution is 2.41. The number of aryl methyl sites for hydroxylation is 1. The van der Waals surface area contributed by atoms with E-state index in [2.05, 4.69) is 13.8 Å². The fraction of sp³-hybridized carbons (Fsp3) is 0.714. The summed E-state index contributed by atoms with van der Waals surface area (Å²) in [6, 6.07) is 0. The smallest absolute Gasteiger partial charge is 0.207 e. The van der Waals surface area contributed by atoms with Crippen molar-refractivity contribution in [2.45, 2.75) is 50.8 Å². The van der Waals surface area contributed by atoms with Gasteiger partial charge in [-0.25, -0.2) is 8.42 Å². The molecule has 1 aromatic heterocycles. The lowest BCUT2D eigenvalue weighted by Crippen LogP contribution is -2.32. The van der Waals surface area contributed by atoms with Gasteiger partial charge in [-0.05, 0) is 42.5 Å². The zero-order valence-electron chi connectivity index (χ0n) is 12.3. The lowest BCUT2D eigenvalue weighted by Gasteiger charge is -2.26. The van der Waals surface area contributed by atoms with Gasteiger partial charge < -0.3 is 0 Å². The number of nitrogens with zero attached hydrogens (tertiary/aromatic N) is 1. The molecule has 2 heterocycles. The first kappa shape index (κ1) is 16.3. The van der Waals surface area contributed by atoms with Crippen molar-refractivity contribution in [1.29, 1.82) is 0 Å². The van der Waals surface area contributed by atoms with Crippen LogP contribution in [0.1, 0.15) is 43.6 Å². The molecule has 20 heavy (non-hydrogen) atoms. The van der Waals surface area contributed by atoms with Crippen LogP contribution in [0.15, 0.2) is 10.3 Å². The summed E-state index contributed by atoms with van der Waals surface area (Å²) in [5.74, 6) is 0.258. The van der Waals surface area contributed by atoms with Crippen LogP contribution in [-0.2, 0) is 15.9 Å². The van der Waals surface area contributed by atoms with E-state index in [0.717, 1.165) is 29.7 Å². The molecule has 1 saturated heterocycles. The quantitative estimate of drug-likeness (QED) is 0.763. The van der Waals surface area contributed by atoms with E-state index in [1.54, 1.807) is 4.31 Å². The Morgan fingerprint density at radius 1 is 1.40 bits per heavy atom. The zero-order chi connectivity index (χ0) is 15.0. The largest absolute Gasteiger partial charge is 0.244 e. The van der Waals surface area contributed by atoms with Crippen LogP contribution in [-0.4, -0.2) is 25.8 Å². The summed E-state index contributed by atoms with van der Waals surface area (Å²) >= 11 is 7.33. The second-order valence-corrected chi connectivity index (χ2v) is 8.71. The van der Waals surface area contributed by atoms with E-state index in [9.17, 15) is 8.42 Å². The van der Waals surface area contributed by atoms with E-state index in [1.165, 1.54) is 11.3 Å². The molecule has 1 fully saturated rings. The Balaban J connectivity index is 2.35. The topological polar surface area (TPSA) is 37.4 Å². The van der Waals surface area contributed by atoms with Crippen molar-refractivity contribution >= 4 is 33.0 Å². The molecule has 0 aliphatic carbocycles.